The summed E-state index contributed by atoms with van der Waals surface area (Å²) < 4.78 is 10.9. The Kier molecular flexibility index (Phi) is 14.7. The molecule has 10 nitrogen and oxygen atoms in total. The van der Waals surface area contributed by atoms with E-state index in [-0.39, 0.29) is 48.9 Å². The van der Waals surface area contributed by atoms with E-state index >= 15 is 0 Å². The summed E-state index contributed by atoms with van der Waals surface area (Å²) in [6.07, 6.45) is 0.112. The molecule has 0 bridgehead atoms. The van der Waals surface area contributed by atoms with Gasteiger partial charge in [-0.3, -0.25) is 24.1 Å². The van der Waals surface area contributed by atoms with Gasteiger partial charge in [-0.15, -0.1) is 0 Å². The second-order valence-corrected chi connectivity index (χ2v) is 7.13. The normalized spacial score (nSPS) is 12.1. The number of likely N-dealkylation sites (N-methyl/N-ethyl adjacent to an activating group) is 1. The highest BCUT2D eigenvalue weighted by Gasteiger charge is 2.26. The molecule has 0 radical (unpaired) electrons. The number of primary amides is 1. The maximum atomic E-state index is 12.3. The standard InChI is InChI=1S/C19H36N4O6/c1-14(2)18(19(27)22-13-15(3)24)23(4)8-10-29-12-11-28-9-7-21-17(26)6-5-16(20)25/h14,18H,5-13H2,1-4H3,(H2,20,25)(H,21,26)(H,22,27). The van der Waals surface area contributed by atoms with E-state index in [4.69, 9.17) is 15.2 Å². The highest BCUT2D eigenvalue weighted by atomic mass is 16.5. The lowest BCUT2D eigenvalue weighted by Gasteiger charge is -2.29. The molecule has 0 saturated heterocycles. The Morgan fingerprint density at radius 3 is 2.14 bits per heavy atom. The van der Waals surface area contributed by atoms with E-state index in [2.05, 4.69) is 10.6 Å². The van der Waals surface area contributed by atoms with Crippen LogP contribution in [0.4, 0.5) is 0 Å². The average molecular weight is 417 g/mol. The fraction of sp³-hybridized carbons (Fsp3) is 0.789. The molecule has 0 aromatic rings. The number of carbonyl (C=O) groups is 4. The molecule has 0 aliphatic heterocycles. The van der Waals surface area contributed by atoms with Gasteiger partial charge in [0.2, 0.25) is 17.7 Å². The first-order valence-electron chi connectivity index (χ1n) is 9.83. The van der Waals surface area contributed by atoms with Crippen LogP contribution in [0.3, 0.4) is 0 Å². The lowest BCUT2D eigenvalue weighted by Crippen LogP contribution is -2.50. The lowest BCUT2D eigenvalue weighted by atomic mass is 10.0. The predicted octanol–water partition coefficient (Wildman–Crippen LogP) is -0.937. The molecular formula is C19H36N4O6. The second-order valence-electron chi connectivity index (χ2n) is 7.13. The maximum absolute atomic E-state index is 12.3. The van der Waals surface area contributed by atoms with Gasteiger partial charge < -0.3 is 25.8 Å². The first kappa shape index (κ1) is 27.0. The smallest absolute Gasteiger partial charge is 0.237 e. The zero-order valence-corrected chi connectivity index (χ0v) is 18.0. The third-order valence-corrected chi connectivity index (χ3v) is 4.01. The quantitative estimate of drug-likeness (QED) is 0.260. The fourth-order valence-electron chi connectivity index (χ4n) is 2.59. The van der Waals surface area contributed by atoms with Crippen LogP contribution in [0, 0.1) is 5.92 Å². The van der Waals surface area contributed by atoms with Crippen LogP contribution in [-0.4, -0.2) is 87.6 Å². The van der Waals surface area contributed by atoms with Gasteiger partial charge in [-0.05, 0) is 19.9 Å². The topological polar surface area (TPSA) is 140 Å². The number of amides is 3. The Labute approximate surface area is 172 Å². The molecule has 0 aromatic carbocycles. The zero-order valence-electron chi connectivity index (χ0n) is 18.0. The number of Topliss-reactive ketones (excluding diaryl/α,β-unsaturated/α-hetero) is 1. The van der Waals surface area contributed by atoms with Crippen molar-refractivity contribution in [2.75, 3.05) is 53.1 Å². The molecule has 168 valence electrons. The predicted molar refractivity (Wildman–Crippen MR) is 108 cm³/mol. The number of nitrogens with two attached hydrogens (primary N) is 1. The SMILES string of the molecule is CC(=O)CNC(=O)C(C(C)C)N(C)CCOCCOCCNC(=O)CCC(N)=O. The maximum Gasteiger partial charge on any atom is 0.237 e. The molecule has 29 heavy (non-hydrogen) atoms. The van der Waals surface area contributed by atoms with Crippen molar-refractivity contribution in [2.45, 2.75) is 39.7 Å². The van der Waals surface area contributed by atoms with Gasteiger partial charge in [0.15, 0.2) is 0 Å². The monoisotopic (exact) mass is 416 g/mol. The summed E-state index contributed by atoms with van der Waals surface area (Å²) in [6, 6.07) is -0.340. The summed E-state index contributed by atoms with van der Waals surface area (Å²) in [7, 11) is 1.85. The average Bonchev–Trinajstić information content (AvgIpc) is 2.63. The van der Waals surface area contributed by atoms with E-state index < -0.39 is 5.91 Å². The number of hydrogen-bond donors (Lipinski definition) is 3. The van der Waals surface area contributed by atoms with Gasteiger partial charge in [-0.2, -0.15) is 0 Å². The summed E-state index contributed by atoms with van der Waals surface area (Å²) in [5.74, 6) is -0.904. The Balaban J connectivity index is 3.84. The van der Waals surface area contributed by atoms with Crippen molar-refractivity contribution in [2.24, 2.45) is 11.7 Å². The summed E-state index contributed by atoms with van der Waals surface area (Å²) in [5, 5.41) is 5.28. The van der Waals surface area contributed by atoms with Crippen LogP contribution in [-0.2, 0) is 28.7 Å². The molecule has 0 spiro atoms. The largest absolute Gasteiger partial charge is 0.378 e. The third-order valence-electron chi connectivity index (χ3n) is 4.01. The van der Waals surface area contributed by atoms with E-state index in [1.54, 1.807) is 0 Å². The van der Waals surface area contributed by atoms with Gasteiger partial charge in [0.1, 0.15) is 5.78 Å². The second kappa shape index (κ2) is 15.8. The minimum absolute atomic E-state index is 0.0328. The van der Waals surface area contributed by atoms with E-state index in [0.29, 0.717) is 39.5 Å². The molecule has 4 N–H and O–H groups in total. The van der Waals surface area contributed by atoms with Crippen molar-refractivity contribution < 1.29 is 28.7 Å². The third kappa shape index (κ3) is 14.6. The van der Waals surface area contributed by atoms with Crippen LogP contribution >= 0.6 is 0 Å². The molecule has 1 atom stereocenters. The van der Waals surface area contributed by atoms with E-state index in [1.165, 1.54) is 6.92 Å². The van der Waals surface area contributed by atoms with Gasteiger partial charge in [0, 0.05) is 25.9 Å². The van der Waals surface area contributed by atoms with Crippen molar-refractivity contribution in [1.82, 2.24) is 15.5 Å². The van der Waals surface area contributed by atoms with E-state index in [9.17, 15) is 19.2 Å². The minimum atomic E-state index is -0.504. The van der Waals surface area contributed by atoms with E-state index in [0.717, 1.165) is 0 Å². The van der Waals surface area contributed by atoms with Gasteiger partial charge >= 0.3 is 0 Å². The first-order valence-corrected chi connectivity index (χ1v) is 9.83. The molecule has 1 unspecified atom stereocenters. The van der Waals surface area contributed by atoms with Crippen LogP contribution in [0.2, 0.25) is 0 Å². The number of hydrogen-bond acceptors (Lipinski definition) is 7. The summed E-state index contributed by atoms with van der Waals surface area (Å²) in [5.41, 5.74) is 4.97. The Bertz CT molecular complexity index is 527. The Hall–Kier alpha value is -2.04. The highest BCUT2D eigenvalue weighted by molar-refractivity contribution is 5.87. The molecule has 3 amide bonds. The van der Waals surface area contributed by atoms with Crippen LogP contribution in [0.15, 0.2) is 0 Å². The van der Waals surface area contributed by atoms with Crippen LogP contribution < -0.4 is 16.4 Å². The highest BCUT2D eigenvalue weighted by Crippen LogP contribution is 2.09. The molecule has 0 aliphatic carbocycles. The summed E-state index contributed by atoms with van der Waals surface area (Å²) in [4.78, 5) is 47.1. The number of ketones is 1. The molecule has 0 rings (SSSR count). The summed E-state index contributed by atoms with van der Waals surface area (Å²) >= 11 is 0. The van der Waals surface area contributed by atoms with Crippen LogP contribution in [0.1, 0.15) is 33.6 Å². The molecule has 10 heteroatoms. The van der Waals surface area contributed by atoms with E-state index in [1.807, 2.05) is 25.8 Å². The van der Waals surface area contributed by atoms with Crippen molar-refractivity contribution in [3.63, 3.8) is 0 Å². The molecule has 0 aromatic heterocycles. The summed E-state index contributed by atoms with van der Waals surface area (Å²) in [6.45, 7) is 7.85. The molecule has 0 heterocycles. The number of rotatable bonds is 17. The van der Waals surface area contributed by atoms with Gasteiger partial charge in [0.05, 0.1) is 39.0 Å². The van der Waals surface area contributed by atoms with Gasteiger partial charge in [0.25, 0.3) is 0 Å². The minimum Gasteiger partial charge on any atom is -0.378 e. The fourth-order valence-corrected chi connectivity index (χ4v) is 2.59. The van der Waals surface area contributed by atoms with Gasteiger partial charge in [-0.25, -0.2) is 0 Å². The van der Waals surface area contributed by atoms with Gasteiger partial charge in [-0.1, -0.05) is 13.8 Å². The molecule has 0 aliphatic rings. The molecular weight excluding hydrogens is 380 g/mol. The number of carbonyl (C=O) groups excluding carboxylic acids is 4. The zero-order chi connectivity index (χ0) is 22.2. The Morgan fingerprint density at radius 1 is 0.966 bits per heavy atom. The number of ether oxygens (including phenoxy) is 2. The van der Waals surface area contributed by atoms with Crippen molar-refractivity contribution in [1.29, 1.82) is 0 Å². The first-order chi connectivity index (χ1) is 13.6. The molecule has 0 saturated carbocycles. The van der Waals surface area contributed by atoms with Crippen molar-refractivity contribution in [3.05, 3.63) is 0 Å². The lowest BCUT2D eigenvalue weighted by molar-refractivity contribution is -0.129. The number of nitrogens with zero attached hydrogens (tertiary/aromatic N) is 1. The number of nitrogens with one attached hydrogen (secondary N) is 2. The van der Waals surface area contributed by atoms with Crippen LogP contribution in [0.5, 0.6) is 0 Å². The molecule has 0 fully saturated rings. The van der Waals surface area contributed by atoms with Crippen LogP contribution in [0.25, 0.3) is 0 Å². The van der Waals surface area contributed by atoms with Crippen molar-refractivity contribution >= 4 is 23.5 Å². The van der Waals surface area contributed by atoms with Crippen molar-refractivity contribution in [3.8, 4) is 0 Å². The Morgan fingerprint density at radius 2 is 1.59 bits per heavy atom.